The molecule has 1 N–H and O–H groups in total. The lowest BCUT2D eigenvalue weighted by Gasteiger charge is -2.41. The first kappa shape index (κ1) is 14.9. The van der Waals surface area contributed by atoms with E-state index in [1.165, 1.54) is 25.7 Å². The summed E-state index contributed by atoms with van der Waals surface area (Å²) in [6, 6.07) is 1.92. The van der Waals surface area contributed by atoms with Crippen LogP contribution >= 0.6 is 0 Å². The molecule has 17 heavy (non-hydrogen) atoms. The summed E-state index contributed by atoms with van der Waals surface area (Å²) in [4.78, 5) is 2.65. The van der Waals surface area contributed by atoms with E-state index in [9.17, 15) is 0 Å². The molecule has 102 valence electrons. The van der Waals surface area contributed by atoms with E-state index in [0.29, 0.717) is 6.04 Å². The molecule has 1 aliphatic heterocycles. The van der Waals surface area contributed by atoms with Gasteiger partial charge in [-0.1, -0.05) is 13.3 Å². The third-order valence-electron chi connectivity index (χ3n) is 3.86. The number of likely N-dealkylation sites (tertiary alicyclic amines) is 1. The minimum Gasteiger partial charge on any atom is -0.383 e. The van der Waals surface area contributed by atoms with Gasteiger partial charge in [0, 0.05) is 31.8 Å². The summed E-state index contributed by atoms with van der Waals surface area (Å²) in [7, 11) is 1.80. The van der Waals surface area contributed by atoms with Gasteiger partial charge < -0.3 is 10.1 Å². The van der Waals surface area contributed by atoms with Crippen molar-refractivity contribution >= 4 is 0 Å². The molecule has 0 spiro atoms. The van der Waals surface area contributed by atoms with E-state index >= 15 is 0 Å². The Labute approximate surface area is 107 Å². The third-order valence-corrected chi connectivity index (χ3v) is 3.86. The maximum atomic E-state index is 5.32. The molecule has 0 radical (unpaired) electrons. The van der Waals surface area contributed by atoms with Gasteiger partial charge in [0.15, 0.2) is 0 Å². The molecular formula is C14H30N2O. The van der Waals surface area contributed by atoms with Crippen LogP contribution in [-0.4, -0.2) is 49.8 Å². The Morgan fingerprint density at radius 3 is 2.47 bits per heavy atom. The molecule has 0 aromatic heterocycles. The normalized spacial score (nSPS) is 28.2. The first-order valence-corrected chi connectivity index (χ1v) is 7.17. The Morgan fingerprint density at radius 1 is 1.29 bits per heavy atom. The van der Waals surface area contributed by atoms with Crippen molar-refractivity contribution in [1.82, 2.24) is 10.2 Å². The zero-order valence-corrected chi connectivity index (χ0v) is 12.0. The second-order valence-corrected chi connectivity index (χ2v) is 5.43. The number of ether oxygens (including phenoxy) is 1. The number of piperidine rings is 1. The van der Waals surface area contributed by atoms with Gasteiger partial charge in [0.25, 0.3) is 0 Å². The molecule has 0 aromatic carbocycles. The molecule has 1 heterocycles. The van der Waals surface area contributed by atoms with Crippen molar-refractivity contribution in [1.29, 1.82) is 0 Å². The maximum Gasteiger partial charge on any atom is 0.0628 e. The minimum absolute atomic E-state index is 0.475. The Bertz CT molecular complexity index is 189. The van der Waals surface area contributed by atoms with Crippen LogP contribution in [0.1, 0.15) is 46.5 Å². The zero-order valence-electron chi connectivity index (χ0n) is 12.0. The van der Waals surface area contributed by atoms with Gasteiger partial charge in [-0.15, -0.1) is 0 Å². The lowest BCUT2D eigenvalue weighted by molar-refractivity contribution is 0.0694. The van der Waals surface area contributed by atoms with Crippen molar-refractivity contribution in [2.75, 3.05) is 26.8 Å². The smallest absolute Gasteiger partial charge is 0.0628 e. The van der Waals surface area contributed by atoms with Gasteiger partial charge in [-0.2, -0.15) is 0 Å². The summed E-state index contributed by atoms with van der Waals surface area (Å²) in [5.74, 6) is 0. The van der Waals surface area contributed by atoms with Gasteiger partial charge in [0.1, 0.15) is 0 Å². The molecule has 3 atom stereocenters. The van der Waals surface area contributed by atoms with Crippen LogP contribution in [0.25, 0.3) is 0 Å². The number of nitrogens with one attached hydrogen (secondary N) is 1. The summed E-state index contributed by atoms with van der Waals surface area (Å²) in [6.45, 7) is 9.96. The third kappa shape index (κ3) is 4.94. The molecule has 1 saturated heterocycles. The van der Waals surface area contributed by atoms with E-state index in [4.69, 9.17) is 4.74 Å². The highest BCUT2D eigenvalue weighted by atomic mass is 16.5. The lowest BCUT2D eigenvalue weighted by Crippen LogP contribution is -2.51. The van der Waals surface area contributed by atoms with Crippen LogP contribution in [0.15, 0.2) is 0 Å². The molecule has 1 unspecified atom stereocenters. The standard InChI is InChI=1S/C14H30N2O/c1-5-9-15-14(11-17-4)10-16-12(2)7-6-8-13(16)3/h12-15H,5-11H2,1-4H3/t12-,13+,14?. The van der Waals surface area contributed by atoms with Crippen molar-refractivity contribution in [3.05, 3.63) is 0 Å². The van der Waals surface area contributed by atoms with Gasteiger partial charge in [-0.3, -0.25) is 4.90 Å². The lowest BCUT2D eigenvalue weighted by atomic mass is 9.97. The molecule has 0 bridgehead atoms. The molecule has 3 nitrogen and oxygen atoms in total. The van der Waals surface area contributed by atoms with Crippen LogP contribution in [-0.2, 0) is 4.74 Å². The second-order valence-electron chi connectivity index (χ2n) is 5.43. The number of nitrogens with zero attached hydrogens (tertiary/aromatic N) is 1. The molecule has 1 fully saturated rings. The predicted octanol–water partition coefficient (Wildman–Crippen LogP) is 2.26. The van der Waals surface area contributed by atoms with Gasteiger partial charge in [-0.05, 0) is 39.7 Å². The minimum atomic E-state index is 0.475. The molecule has 3 heteroatoms. The summed E-state index contributed by atoms with van der Waals surface area (Å²) in [6.07, 6.45) is 5.26. The van der Waals surface area contributed by atoms with Gasteiger partial charge >= 0.3 is 0 Å². The number of hydrogen-bond donors (Lipinski definition) is 1. The van der Waals surface area contributed by atoms with Crippen LogP contribution in [0.2, 0.25) is 0 Å². The Morgan fingerprint density at radius 2 is 1.94 bits per heavy atom. The molecular weight excluding hydrogens is 212 g/mol. The molecule has 0 amide bonds. The van der Waals surface area contributed by atoms with Crippen LogP contribution in [0.4, 0.5) is 0 Å². The van der Waals surface area contributed by atoms with E-state index in [1.54, 1.807) is 7.11 Å². The Kier molecular flexibility index (Phi) is 7.09. The molecule has 0 aliphatic carbocycles. The van der Waals surface area contributed by atoms with Crippen molar-refractivity contribution in [2.45, 2.75) is 64.6 Å². The first-order chi connectivity index (χ1) is 8.19. The fraction of sp³-hybridized carbons (Fsp3) is 1.00. The van der Waals surface area contributed by atoms with Crippen LogP contribution in [0.3, 0.4) is 0 Å². The van der Waals surface area contributed by atoms with E-state index < -0.39 is 0 Å². The predicted molar refractivity (Wildman–Crippen MR) is 73.4 cm³/mol. The fourth-order valence-electron chi connectivity index (χ4n) is 2.81. The van der Waals surface area contributed by atoms with Crippen molar-refractivity contribution in [2.24, 2.45) is 0 Å². The fourth-order valence-corrected chi connectivity index (χ4v) is 2.81. The van der Waals surface area contributed by atoms with Gasteiger partial charge in [-0.25, -0.2) is 0 Å². The summed E-state index contributed by atoms with van der Waals surface area (Å²) < 4.78 is 5.32. The van der Waals surface area contributed by atoms with E-state index in [2.05, 4.69) is 31.0 Å². The highest BCUT2D eigenvalue weighted by Gasteiger charge is 2.26. The monoisotopic (exact) mass is 242 g/mol. The van der Waals surface area contributed by atoms with E-state index in [-0.39, 0.29) is 0 Å². The summed E-state index contributed by atoms with van der Waals surface area (Å²) >= 11 is 0. The number of rotatable bonds is 7. The molecule has 0 saturated carbocycles. The first-order valence-electron chi connectivity index (χ1n) is 7.17. The maximum absolute atomic E-state index is 5.32. The largest absolute Gasteiger partial charge is 0.383 e. The number of hydrogen-bond acceptors (Lipinski definition) is 3. The topological polar surface area (TPSA) is 24.5 Å². The summed E-state index contributed by atoms with van der Waals surface area (Å²) in [5.41, 5.74) is 0. The van der Waals surface area contributed by atoms with E-state index in [1.807, 2.05) is 0 Å². The van der Waals surface area contributed by atoms with Gasteiger partial charge in [0.2, 0.25) is 0 Å². The zero-order chi connectivity index (χ0) is 12.7. The van der Waals surface area contributed by atoms with Crippen molar-refractivity contribution in [3.63, 3.8) is 0 Å². The van der Waals surface area contributed by atoms with Crippen LogP contribution in [0.5, 0.6) is 0 Å². The molecule has 1 rings (SSSR count). The SMILES string of the molecule is CCCNC(COC)CN1[C@H](C)CCC[C@@H]1C. The number of methoxy groups -OCH3 is 1. The van der Waals surface area contributed by atoms with E-state index in [0.717, 1.165) is 31.8 Å². The summed E-state index contributed by atoms with van der Waals surface area (Å²) in [5, 5.41) is 3.59. The van der Waals surface area contributed by atoms with Crippen LogP contribution in [0, 0.1) is 0 Å². The second kappa shape index (κ2) is 8.06. The average molecular weight is 242 g/mol. The molecule has 1 aliphatic rings. The Balaban J connectivity index is 2.45. The van der Waals surface area contributed by atoms with Gasteiger partial charge in [0.05, 0.1) is 6.61 Å². The average Bonchev–Trinajstić information content (AvgIpc) is 2.31. The quantitative estimate of drug-likeness (QED) is 0.741. The highest BCUT2D eigenvalue weighted by molar-refractivity contribution is 4.83. The van der Waals surface area contributed by atoms with Crippen LogP contribution < -0.4 is 5.32 Å². The highest BCUT2D eigenvalue weighted by Crippen LogP contribution is 2.22. The Hall–Kier alpha value is -0.120. The molecule has 0 aromatic rings. The van der Waals surface area contributed by atoms with Crippen molar-refractivity contribution in [3.8, 4) is 0 Å². The van der Waals surface area contributed by atoms with Crippen molar-refractivity contribution < 1.29 is 4.74 Å².